The summed E-state index contributed by atoms with van der Waals surface area (Å²) in [6, 6.07) is 45.5. The molecular formula is C36H31N2+. The van der Waals surface area contributed by atoms with E-state index < -0.39 is 0 Å². The third kappa shape index (κ3) is 4.25. The molecule has 184 valence electrons. The molecule has 0 bridgehead atoms. The van der Waals surface area contributed by atoms with Gasteiger partial charge in [-0.15, -0.1) is 0 Å². The SMILES string of the molecule is Cc1cc(C)n(-c2c(-c3ccccc3)cccc2-c2ccccc2)c1-c1cc(-c2ccccc2)cc[n+]1C. The van der Waals surface area contributed by atoms with Gasteiger partial charge in [0.05, 0.1) is 5.69 Å². The number of hydrogen-bond donors (Lipinski definition) is 0. The molecule has 2 heteroatoms. The molecule has 38 heavy (non-hydrogen) atoms. The first-order valence-electron chi connectivity index (χ1n) is 13.1. The van der Waals surface area contributed by atoms with Crippen LogP contribution < -0.4 is 4.57 Å². The summed E-state index contributed by atoms with van der Waals surface area (Å²) in [5.41, 5.74) is 13.3. The van der Waals surface area contributed by atoms with Crippen molar-refractivity contribution in [3.8, 4) is 50.5 Å². The summed E-state index contributed by atoms with van der Waals surface area (Å²) in [5, 5.41) is 0. The Balaban J connectivity index is 1.67. The number of aromatic nitrogens is 2. The van der Waals surface area contributed by atoms with Gasteiger partial charge < -0.3 is 4.57 Å². The third-order valence-electron chi connectivity index (χ3n) is 7.30. The van der Waals surface area contributed by atoms with Gasteiger partial charge in [0, 0.05) is 29.0 Å². The molecule has 0 saturated heterocycles. The van der Waals surface area contributed by atoms with Crippen LogP contribution in [-0.4, -0.2) is 4.57 Å². The number of aryl methyl sites for hydroxylation is 3. The second kappa shape index (κ2) is 9.99. The van der Waals surface area contributed by atoms with Gasteiger partial charge in [0.15, 0.2) is 6.20 Å². The Morgan fingerprint density at radius 2 is 1.05 bits per heavy atom. The van der Waals surface area contributed by atoms with E-state index in [1.807, 2.05) is 0 Å². The molecule has 0 spiro atoms. The topological polar surface area (TPSA) is 8.81 Å². The van der Waals surface area contributed by atoms with E-state index >= 15 is 0 Å². The van der Waals surface area contributed by atoms with E-state index in [2.05, 4.69) is 164 Å². The van der Waals surface area contributed by atoms with E-state index in [0.717, 1.165) is 0 Å². The maximum atomic E-state index is 2.46. The molecule has 0 fully saturated rings. The normalized spacial score (nSPS) is 11.0. The quantitative estimate of drug-likeness (QED) is 0.214. The molecule has 6 aromatic rings. The average molecular weight is 492 g/mol. The first-order chi connectivity index (χ1) is 18.6. The van der Waals surface area contributed by atoms with Crippen LogP contribution in [-0.2, 0) is 7.05 Å². The predicted molar refractivity (Wildman–Crippen MR) is 158 cm³/mol. The van der Waals surface area contributed by atoms with E-state index in [1.54, 1.807) is 0 Å². The van der Waals surface area contributed by atoms with Crippen molar-refractivity contribution in [2.24, 2.45) is 7.05 Å². The molecule has 4 aromatic carbocycles. The summed E-state index contributed by atoms with van der Waals surface area (Å²) in [6.07, 6.45) is 2.17. The molecule has 0 N–H and O–H groups in total. The zero-order chi connectivity index (χ0) is 26.1. The monoisotopic (exact) mass is 491 g/mol. The zero-order valence-corrected chi connectivity index (χ0v) is 22.1. The first-order valence-corrected chi connectivity index (χ1v) is 13.1. The highest BCUT2D eigenvalue weighted by Crippen LogP contribution is 2.40. The van der Waals surface area contributed by atoms with Crippen molar-refractivity contribution >= 4 is 0 Å². The number of para-hydroxylation sites is 1. The highest BCUT2D eigenvalue weighted by molar-refractivity contribution is 5.87. The van der Waals surface area contributed by atoms with Crippen molar-refractivity contribution in [3.05, 3.63) is 145 Å². The number of benzene rings is 4. The second-order valence-corrected chi connectivity index (χ2v) is 9.86. The molecule has 2 aromatic heterocycles. The number of nitrogens with zero attached hydrogens (tertiary/aromatic N) is 2. The molecule has 0 saturated carbocycles. The summed E-state index contributed by atoms with van der Waals surface area (Å²) in [7, 11) is 2.14. The molecule has 6 rings (SSSR count). The summed E-state index contributed by atoms with van der Waals surface area (Å²) in [6.45, 7) is 4.44. The molecule has 0 unspecified atom stereocenters. The highest BCUT2D eigenvalue weighted by Gasteiger charge is 2.25. The van der Waals surface area contributed by atoms with Crippen molar-refractivity contribution in [2.75, 3.05) is 0 Å². The largest absolute Gasteiger partial charge is 0.307 e. The smallest absolute Gasteiger partial charge is 0.230 e. The van der Waals surface area contributed by atoms with Crippen molar-refractivity contribution in [1.29, 1.82) is 0 Å². The lowest BCUT2D eigenvalue weighted by atomic mass is 9.95. The lowest BCUT2D eigenvalue weighted by Crippen LogP contribution is -2.31. The number of hydrogen-bond acceptors (Lipinski definition) is 0. The van der Waals surface area contributed by atoms with Gasteiger partial charge in [-0.2, -0.15) is 4.57 Å². The van der Waals surface area contributed by atoms with Gasteiger partial charge in [0.2, 0.25) is 5.69 Å². The van der Waals surface area contributed by atoms with E-state index in [-0.39, 0.29) is 0 Å². The van der Waals surface area contributed by atoms with Crippen LogP contribution in [0.15, 0.2) is 134 Å². The molecule has 0 aliphatic heterocycles. The maximum Gasteiger partial charge on any atom is 0.230 e. The molecule has 0 atom stereocenters. The molecule has 0 amide bonds. The predicted octanol–water partition coefficient (Wildman–Crippen LogP) is 8.59. The van der Waals surface area contributed by atoms with Gasteiger partial charge in [0.25, 0.3) is 0 Å². The molecule has 2 nitrogen and oxygen atoms in total. The Morgan fingerprint density at radius 1 is 0.526 bits per heavy atom. The lowest BCUT2D eigenvalue weighted by Gasteiger charge is -2.21. The minimum atomic E-state index is 1.18. The Bertz CT molecular complexity index is 1660. The fraction of sp³-hybridized carbons (Fsp3) is 0.0833. The lowest BCUT2D eigenvalue weighted by molar-refractivity contribution is -0.660. The summed E-state index contributed by atoms with van der Waals surface area (Å²) < 4.78 is 4.70. The summed E-state index contributed by atoms with van der Waals surface area (Å²) >= 11 is 0. The van der Waals surface area contributed by atoms with Crippen molar-refractivity contribution in [3.63, 3.8) is 0 Å². The van der Waals surface area contributed by atoms with Crippen LogP contribution in [0.1, 0.15) is 11.3 Å². The van der Waals surface area contributed by atoms with Gasteiger partial charge >= 0.3 is 0 Å². The molecule has 0 aliphatic carbocycles. The van der Waals surface area contributed by atoms with Crippen LogP contribution >= 0.6 is 0 Å². The van der Waals surface area contributed by atoms with E-state index in [1.165, 1.54) is 61.7 Å². The van der Waals surface area contributed by atoms with Crippen LogP contribution in [0.2, 0.25) is 0 Å². The fourth-order valence-corrected chi connectivity index (χ4v) is 5.50. The van der Waals surface area contributed by atoms with Gasteiger partial charge in [-0.25, -0.2) is 0 Å². The number of rotatable bonds is 5. The standard InChI is InChI=1S/C36H31N2/c1-26-24-27(2)38(35(26)34-25-31(22-23-37(34)3)28-14-7-4-8-15-28)36-32(29-16-9-5-10-17-29)20-13-21-33(36)30-18-11-6-12-19-30/h4-25H,1-3H3/q+1. The van der Waals surface area contributed by atoms with Crippen LogP contribution in [0.25, 0.3) is 50.5 Å². The van der Waals surface area contributed by atoms with Gasteiger partial charge in [-0.3, -0.25) is 0 Å². The Kier molecular flexibility index (Phi) is 6.23. The van der Waals surface area contributed by atoms with E-state index in [4.69, 9.17) is 0 Å². The highest BCUT2D eigenvalue weighted by atomic mass is 15.0. The second-order valence-electron chi connectivity index (χ2n) is 9.86. The molecular weight excluding hydrogens is 460 g/mol. The van der Waals surface area contributed by atoms with Gasteiger partial charge in [-0.1, -0.05) is 109 Å². The van der Waals surface area contributed by atoms with Crippen molar-refractivity contribution in [1.82, 2.24) is 4.57 Å². The van der Waals surface area contributed by atoms with E-state index in [9.17, 15) is 0 Å². The van der Waals surface area contributed by atoms with Gasteiger partial charge in [0.1, 0.15) is 12.7 Å². The maximum absolute atomic E-state index is 2.46. The molecule has 2 heterocycles. The van der Waals surface area contributed by atoms with Gasteiger partial charge in [-0.05, 0) is 47.7 Å². The zero-order valence-electron chi connectivity index (χ0n) is 22.1. The summed E-state index contributed by atoms with van der Waals surface area (Å²) in [5.74, 6) is 0. The number of pyridine rings is 1. The minimum absolute atomic E-state index is 1.18. The Morgan fingerprint density at radius 3 is 1.61 bits per heavy atom. The average Bonchev–Trinajstić information content (AvgIpc) is 3.27. The Labute approximate surface area is 225 Å². The van der Waals surface area contributed by atoms with E-state index in [0.29, 0.717) is 0 Å². The third-order valence-corrected chi connectivity index (χ3v) is 7.30. The molecule has 0 radical (unpaired) electrons. The minimum Gasteiger partial charge on any atom is -0.307 e. The summed E-state index contributed by atoms with van der Waals surface area (Å²) in [4.78, 5) is 0. The van der Waals surface area contributed by atoms with Crippen LogP contribution in [0, 0.1) is 13.8 Å². The van der Waals surface area contributed by atoms with Crippen LogP contribution in [0.5, 0.6) is 0 Å². The van der Waals surface area contributed by atoms with Crippen LogP contribution in [0.4, 0.5) is 0 Å². The van der Waals surface area contributed by atoms with Crippen molar-refractivity contribution in [2.45, 2.75) is 13.8 Å². The molecule has 0 aliphatic rings. The first kappa shape index (κ1) is 23.7. The van der Waals surface area contributed by atoms with Crippen molar-refractivity contribution < 1.29 is 4.57 Å². The Hall–Kier alpha value is -4.69. The van der Waals surface area contributed by atoms with Crippen LogP contribution in [0.3, 0.4) is 0 Å². The fourth-order valence-electron chi connectivity index (χ4n) is 5.50.